The number of hydrogen-bond acceptors (Lipinski definition) is 4. The monoisotopic (exact) mass is 125 g/mol. The van der Waals surface area contributed by atoms with E-state index in [4.69, 9.17) is 4.52 Å². The van der Waals surface area contributed by atoms with Crippen LogP contribution in [-0.4, -0.2) is 16.7 Å². The van der Waals surface area contributed by atoms with Crippen molar-refractivity contribution < 1.29 is 4.52 Å². The van der Waals surface area contributed by atoms with Crippen molar-refractivity contribution in [2.24, 2.45) is 0 Å². The van der Waals surface area contributed by atoms with E-state index in [0.717, 1.165) is 13.0 Å². The summed E-state index contributed by atoms with van der Waals surface area (Å²) < 4.78 is 4.81. The van der Waals surface area contributed by atoms with Gasteiger partial charge in [0.15, 0.2) is 6.33 Å². The summed E-state index contributed by atoms with van der Waals surface area (Å²) in [6, 6.07) is 0.326. The summed E-state index contributed by atoms with van der Waals surface area (Å²) in [7, 11) is 0. The molecule has 0 amide bonds. The quantitative estimate of drug-likeness (QED) is 0.578. The molecular formula is C5H7N3O. The van der Waals surface area contributed by atoms with Crippen molar-refractivity contribution in [1.82, 2.24) is 15.5 Å². The molecule has 0 radical (unpaired) electrons. The third kappa shape index (κ3) is 0.712. The summed E-state index contributed by atoms with van der Waals surface area (Å²) in [6.45, 7) is 1.06. The van der Waals surface area contributed by atoms with Gasteiger partial charge in [0, 0.05) is 0 Å². The zero-order chi connectivity index (χ0) is 6.10. The highest BCUT2D eigenvalue weighted by Crippen LogP contribution is 2.18. The number of hydrogen-bond donors (Lipinski definition) is 1. The van der Waals surface area contributed by atoms with Crippen molar-refractivity contribution in [3.8, 4) is 0 Å². The zero-order valence-electron chi connectivity index (χ0n) is 4.87. The topological polar surface area (TPSA) is 51.0 Å². The molecule has 1 atom stereocenters. The van der Waals surface area contributed by atoms with Crippen LogP contribution in [0.3, 0.4) is 0 Å². The zero-order valence-corrected chi connectivity index (χ0v) is 4.87. The molecule has 1 aliphatic rings. The first-order valence-corrected chi connectivity index (χ1v) is 2.97. The minimum atomic E-state index is 0.326. The van der Waals surface area contributed by atoms with Gasteiger partial charge in [0.05, 0.1) is 6.04 Å². The maximum Gasteiger partial charge on any atom is 0.243 e. The fourth-order valence-corrected chi connectivity index (χ4v) is 0.835. The Kier molecular flexibility index (Phi) is 0.989. The van der Waals surface area contributed by atoms with Gasteiger partial charge in [-0.1, -0.05) is 5.16 Å². The minimum Gasteiger partial charge on any atom is -0.338 e. The van der Waals surface area contributed by atoms with E-state index < -0.39 is 0 Å². The average molecular weight is 125 g/mol. The molecule has 1 aromatic rings. The van der Waals surface area contributed by atoms with E-state index in [9.17, 15) is 0 Å². The van der Waals surface area contributed by atoms with Crippen molar-refractivity contribution in [2.75, 3.05) is 6.54 Å². The van der Waals surface area contributed by atoms with E-state index in [1.807, 2.05) is 0 Å². The number of aromatic nitrogens is 2. The van der Waals surface area contributed by atoms with Gasteiger partial charge in [-0.15, -0.1) is 0 Å². The van der Waals surface area contributed by atoms with E-state index >= 15 is 0 Å². The highest BCUT2D eigenvalue weighted by atomic mass is 16.5. The maximum atomic E-state index is 4.81. The first kappa shape index (κ1) is 4.93. The Bertz CT molecular complexity index is 180. The maximum absolute atomic E-state index is 4.81. The summed E-state index contributed by atoms with van der Waals surface area (Å²) in [5.74, 6) is 0.709. The lowest BCUT2D eigenvalue weighted by Gasteiger charge is -2.23. The van der Waals surface area contributed by atoms with Gasteiger partial charge in [0.1, 0.15) is 0 Å². The Hall–Kier alpha value is -0.900. The van der Waals surface area contributed by atoms with Gasteiger partial charge >= 0.3 is 0 Å². The molecule has 0 aliphatic carbocycles. The summed E-state index contributed by atoms with van der Waals surface area (Å²) in [5.41, 5.74) is 0. The molecule has 2 rings (SSSR count). The molecule has 0 aromatic carbocycles. The average Bonchev–Trinajstić information content (AvgIpc) is 2.11. The van der Waals surface area contributed by atoms with Gasteiger partial charge < -0.3 is 9.84 Å². The van der Waals surface area contributed by atoms with Crippen LogP contribution < -0.4 is 5.32 Å². The van der Waals surface area contributed by atoms with Gasteiger partial charge in [-0.25, -0.2) is 0 Å². The Morgan fingerprint density at radius 2 is 2.67 bits per heavy atom. The molecule has 2 heterocycles. The Morgan fingerprint density at radius 3 is 3.11 bits per heavy atom. The predicted octanol–water partition coefficient (Wildman–Crippen LogP) is 0.104. The Morgan fingerprint density at radius 1 is 1.78 bits per heavy atom. The fraction of sp³-hybridized carbons (Fsp3) is 0.600. The number of rotatable bonds is 1. The number of nitrogens with one attached hydrogen (secondary N) is 1. The van der Waals surface area contributed by atoms with Crippen LogP contribution in [0.2, 0.25) is 0 Å². The second-order valence-electron chi connectivity index (χ2n) is 2.07. The molecule has 4 heteroatoms. The largest absolute Gasteiger partial charge is 0.338 e. The fourth-order valence-electron chi connectivity index (χ4n) is 0.835. The molecular weight excluding hydrogens is 118 g/mol. The molecule has 48 valence electrons. The first-order chi connectivity index (χ1) is 4.47. The van der Waals surface area contributed by atoms with Crippen LogP contribution >= 0.6 is 0 Å². The molecule has 1 aliphatic heterocycles. The minimum absolute atomic E-state index is 0.326. The Balaban J connectivity index is 2.14. The molecule has 1 N–H and O–H groups in total. The van der Waals surface area contributed by atoms with Crippen molar-refractivity contribution in [2.45, 2.75) is 12.5 Å². The standard InChI is InChI=1S/C5H7N3O/c1-2-6-4(1)5-7-3-8-9-5/h3-4,6H,1-2H2. The smallest absolute Gasteiger partial charge is 0.243 e. The molecule has 9 heavy (non-hydrogen) atoms. The highest BCUT2D eigenvalue weighted by molar-refractivity contribution is 4.92. The molecule has 4 nitrogen and oxygen atoms in total. The number of nitrogens with zero attached hydrogens (tertiary/aromatic N) is 2. The first-order valence-electron chi connectivity index (χ1n) is 2.97. The normalized spacial score (nSPS) is 25.6. The van der Waals surface area contributed by atoms with E-state index in [2.05, 4.69) is 15.5 Å². The molecule has 0 spiro atoms. The van der Waals surface area contributed by atoms with Crippen molar-refractivity contribution >= 4 is 0 Å². The van der Waals surface area contributed by atoms with Crippen LogP contribution in [0.15, 0.2) is 10.9 Å². The lowest BCUT2D eigenvalue weighted by Crippen LogP contribution is -2.35. The van der Waals surface area contributed by atoms with Gasteiger partial charge in [-0.2, -0.15) is 4.98 Å². The SMILES string of the molecule is c1noc(C2CCN2)n1. The van der Waals surface area contributed by atoms with Crippen LogP contribution in [0.1, 0.15) is 18.4 Å². The van der Waals surface area contributed by atoms with E-state index in [1.165, 1.54) is 6.33 Å². The van der Waals surface area contributed by atoms with Crippen LogP contribution in [0.5, 0.6) is 0 Å². The van der Waals surface area contributed by atoms with Crippen molar-refractivity contribution in [3.05, 3.63) is 12.2 Å². The van der Waals surface area contributed by atoms with Crippen LogP contribution in [-0.2, 0) is 0 Å². The van der Waals surface area contributed by atoms with Crippen LogP contribution in [0.25, 0.3) is 0 Å². The van der Waals surface area contributed by atoms with E-state index in [1.54, 1.807) is 0 Å². The molecule has 1 unspecified atom stereocenters. The van der Waals surface area contributed by atoms with Gasteiger partial charge in [-0.3, -0.25) is 0 Å². The molecule has 1 fully saturated rings. The molecule has 0 saturated carbocycles. The van der Waals surface area contributed by atoms with Gasteiger partial charge in [0.25, 0.3) is 0 Å². The molecule has 1 aromatic heterocycles. The molecule has 0 bridgehead atoms. The van der Waals surface area contributed by atoms with Gasteiger partial charge in [0.2, 0.25) is 5.89 Å². The van der Waals surface area contributed by atoms with Gasteiger partial charge in [-0.05, 0) is 13.0 Å². The lowest BCUT2D eigenvalue weighted by atomic mass is 10.1. The highest BCUT2D eigenvalue weighted by Gasteiger charge is 2.22. The lowest BCUT2D eigenvalue weighted by molar-refractivity contribution is 0.273. The van der Waals surface area contributed by atoms with E-state index in [0.29, 0.717) is 11.9 Å². The third-order valence-corrected chi connectivity index (χ3v) is 1.50. The second-order valence-corrected chi connectivity index (χ2v) is 2.07. The Labute approximate surface area is 52.3 Å². The summed E-state index contributed by atoms with van der Waals surface area (Å²) in [4.78, 5) is 3.90. The van der Waals surface area contributed by atoms with Crippen LogP contribution in [0.4, 0.5) is 0 Å². The van der Waals surface area contributed by atoms with Crippen molar-refractivity contribution in [3.63, 3.8) is 0 Å². The molecule has 1 saturated heterocycles. The summed E-state index contributed by atoms with van der Waals surface area (Å²) >= 11 is 0. The van der Waals surface area contributed by atoms with E-state index in [-0.39, 0.29) is 0 Å². The third-order valence-electron chi connectivity index (χ3n) is 1.50. The second kappa shape index (κ2) is 1.80. The summed E-state index contributed by atoms with van der Waals surface area (Å²) in [6.07, 6.45) is 2.54. The summed E-state index contributed by atoms with van der Waals surface area (Å²) in [5, 5.41) is 6.65. The van der Waals surface area contributed by atoms with Crippen LogP contribution in [0, 0.1) is 0 Å². The predicted molar refractivity (Wildman–Crippen MR) is 29.7 cm³/mol. The van der Waals surface area contributed by atoms with Crippen molar-refractivity contribution in [1.29, 1.82) is 0 Å².